The number of fused-ring (bicyclic) bond motifs is 1. The van der Waals surface area contributed by atoms with Crippen LogP contribution in [0, 0.1) is 0 Å². The lowest BCUT2D eigenvalue weighted by atomic mass is 10.3. The SMILES string of the molecule is CCNc1nc(Oc2ccc(Br)cc2Br)c2cn[nH]c2n1. The zero-order valence-corrected chi connectivity index (χ0v) is 14.2. The highest BCUT2D eigenvalue weighted by molar-refractivity contribution is 9.11. The molecule has 0 saturated heterocycles. The highest BCUT2D eigenvalue weighted by Gasteiger charge is 2.13. The first kappa shape index (κ1) is 14.3. The molecule has 0 aliphatic heterocycles. The number of aromatic amines is 1. The molecular weight excluding hydrogens is 402 g/mol. The molecule has 0 bridgehead atoms. The minimum absolute atomic E-state index is 0.452. The van der Waals surface area contributed by atoms with E-state index in [0.717, 1.165) is 20.9 Å². The lowest BCUT2D eigenvalue weighted by Gasteiger charge is -2.09. The molecule has 108 valence electrons. The molecule has 0 atom stereocenters. The molecule has 0 unspecified atom stereocenters. The monoisotopic (exact) mass is 411 g/mol. The van der Waals surface area contributed by atoms with Gasteiger partial charge in [-0.25, -0.2) is 0 Å². The quantitative estimate of drug-likeness (QED) is 0.674. The van der Waals surface area contributed by atoms with Crippen molar-refractivity contribution in [2.24, 2.45) is 0 Å². The molecule has 8 heteroatoms. The maximum atomic E-state index is 5.90. The summed E-state index contributed by atoms with van der Waals surface area (Å²) in [6.07, 6.45) is 1.65. The van der Waals surface area contributed by atoms with Crippen LogP contribution in [0.1, 0.15) is 6.92 Å². The number of hydrogen-bond donors (Lipinski definition) is 2. The molecule has 3 rings (SSSR count). The number of hydrogen-bond acceptors (Lipinski definition) is 5. The first-order chi connectivity index (χ1) is 10.2. The summed E-state index contributed by atoms with van der Waals surface area (Å²) < 4.78 is 7.70. The summed E-state index contributed by atoms with van der Waals surface area (Å²) in [5.74, 6) is 1.62. The van der Waals surface area contributed by atoms with Crippen LogP contribution in [0.3, 0.4) is 0 Å². The normalized spacial score (nSPS) is 10.8. The third kappa shape index (κ3) is 3.01. The van der Waals surface area contributed by atoms with Crippen LogP contribution in [0.15, 0.2) is 33.3 Å². The third-order valence-corrected chi connectivity index (χ3v) is 3.82. The van der Waals surface area contributed by atoms with E-state index < -0.39 is 0 Å². The maximum Gasteiger partial charge on any atom is 0.235 e. The fourth-order valence-corrected chi connectivity index (χ4v) is 2.91. The standard InChI is InChI=1S/C13H11Br2N5O/c1-2-16-13-18-11-8(6-17-20-11)12(19-13)21-10-4-3-7(14)5-9(10)15/h3-6H,2H2,1H3,(H2,16,17,18,19,20). The van der Waals surface area contributed by atoms with E-state index in [4.69, 9.17) is 4.74 Å². The van der Waals surface area contributed by atoms with Gasteiger partial charge in [0.1, 0.15) is 11.1 Å². The molecule has 2 aromatic heterocycles. The molecule has 1 aromatic carbocycles. The first-order valence-electron chi connectivity index (χ1n) is 6.25. The van der Waals surface area contributed by atoms with E-state index in [1.165, 1.54) is 0 Å². The van der Waals surface area contributed by atoms with Gasteiger partial charge in [-0.2, -0.15) is 15.1 Å². The lowest BCUT2D eigenvalue weighted by Crippen LogP contribution is -2.03. The van der Waals surface area contributed by atoms with Crippen molar-refractivity contribution in [3.63, 3.8) is 0 Å². The van der Waals surface area contributed by atoms with Crippen LogP contribution in [0.5, 0.6) is 11.6 Å². The summed E-state index contributed by atoms with van der Waals surface area (Å²) in [5, 5.41) is 10.6. The van der Waals surface area contributed by atoms with Gasteiger partial charge >= 0.3 is 0 Å². The fraction of sp³-hybridized carbons (Fsp3) is 0.154. The Morgan fingerprint density at radius 2 is 2.14 bits per heavy atom. The van der Waals surface area contributed by atoms with Crippen molar-refractivity contribution in [3.05, 3.63) is 33.3 Å². The Morgan fingerprint density at radius 3 is 2.90 bits per heavy atom. The van der Waals surface area contributed by atoms with E-state index in [1.807, 2.05) is 25.1 Å². The number of halogens is 2. The van der Waals surface area contributed by atoms with Crippen LogP contribution >= 0.6 is 31.9 Å². The van der Waals surface area contributed by atoms with Gasteiger partial charge in [-0.05, 0) is 41.1 Å². The molecule has 0 aliphatic carbocycles. The molecule has 0 aliphatic rings. The third-order valence-electron chi connectivity index (χ3n) is 2.71. The molecule has 3 aromatic rings. The second-order valence-corrected chi connectivity index (χ2v) is 5.96. The lowest BCUT2D eigenvalue weighted by molar-refractivity contribution is 0.466. The van der Waals surface area contributed by atoms with Crippen molar-refractivity contribution >= 4 is 48.8 Å². The van der Waals surface area contributed by atoms with E-state index in [9.17, 15) is 0 Å². The molecular formula is C13H11Br2N5O. The molecule has 21 heavy (non-hydrogen) atoms. The van der Waals surface area contributed by atoms with E-state index in [-0.39, 0.29) is 0 Å². The van der Waals surface area contributed by atoms with Crippen molar-refractivity contribution in [2.75, 3.05) is 11.9 Å². The molecule has 0 saturated carbocycles. The number of anilines is 1. The summed E-state index contributed by atoms with van der Waals surface area (Å²) in [6, 6.07) is 5.67. The number of nitrogens with one attached hydrogen (secondary N) is 2. The second kappa shape index (κ2) is 5.98. The van der Waals surface area contributed by atoms with Crippen molar-refractivity contribution in [3.8, 4) is 11.6 Å². The van der Waals surface area contributed by atoms with Gasteiger partial charge in [0.15, 0.2) is 5.65 Å². The number of H-pyrrole nitrogens is 1. The molecule has 6 nitrogen and oxygen atoms in total. The topological polar surface area (TPSA) is 75.7 Å². The summed E-state index contributed by atoms with van der Waals surface area (Å²) in [7, 11) is 0. The average molecular weight is 413 g/mol. The predicted octanol–water partition coefficient (Wildman–Crippen LogP) is 4.10. The van der Waals surface area contributed by atoms with Gasteiger partial charge in [0.05, 0.1) is 10.7 Å². The zero-order valence-electron chi connectivity index (χ0n) is 11.0. The van der Waals surface area contributed by atoms with Crippen molar-refractivity contribution in [1.82, 2.24) is 20.2 Å². The van der Waals surface area contributed by atoms with Crippen LogP contribution in [-0.2, 0) is 0 Å². The Balaban J connectivity index is 2.04. The van der Waals surface area contributed by atoms with E-state index in [0.29, 0.717) is 23.2 Å². The minimum atomic E-state index is 0.452. The number of benzene rings is 1. The van der Waals surface area contributed by atoms with Gasteiger partial charge < -0.3 is 10.1 Å². The zero-order chi connectivity index (χ0) is 14.8. The van der Waals surface area contributed by atoms with Gasteiger partial charge in [-0.15, -0.1) is 0 Å². The second-order valence-electron chi connectivity index (χ2n) is 4.19. The average Bonchev–Trinajstić information content (AvgIpc) is 2.91. The Labute approximate surface area is 137 Å². The summed E-state index contributed by atoms with van der Waals surface area (Å²) in [5.41, 5.74) is 0.629. The van der Waals surface area contributed by atoms with Crippen LogP contribution < -0.4 is 10.1 Å². The minimum Gasteiger partial charge on any atom is -0.437 e. The molecule has 0 radical (unpaired) electrons. The van der Waals surface area contributed by atoms with E-state index in [1.54, 1.807) is 6.20 Å². The highest BCUT2D eigenvalue weighted by Crippen LogP contribution is 2.34. The Hall–Kier alpha value is -1.67. The summed E-state index contributed by atoms with van der Waals surface area (Å²) in [6.45, 7) is 2.70. The summed E-state index contributed by atoms with van der Waals surface area (Å²) in [4.78, 5) is 8.71. The van der Waals surface area contributed by atoms with Gasteiger partial charge in [0, 0.05) is 11.0 Å². The largest absolute Gasteiger partial charge is 0.437 e. The number of nitrogens with zero attached hydrogens (tertiary/aromatic N) is 3. The Morgan fingerprint density at radius 1 is 1.29 bits per heavy atom. The smallest absolute Gasteiger partial charge is 0.235 e. The predicted molar refractivity (Wildman–Crippen MR) is 87.8 cm³/mol. The van der Waals surface area contributed by atoms with Crippen LogP contribution in [0.25, 0.3) is 11.0 Å². The van der Waals surface area contributed by atoms with Gasteiger partial charge in [0.2, 0.25) is 11.8 Å². The van der Waals surface area contributed by atoms with Crippen LogP contribution in [0.2, 0.25) is 0 Å². The van der Waals surface area contributed by atoms with Crippen LogP contribution in [0.4, 0.5) is 5.95 Å². The van der Waals surface area contributed by atoms with E-state index >= 15 is 0 Å². The number of rotatable bonds is 4. The van der Waals surface area contributed by atoms with Crippen LogP contribution in [-0.4, -0.2) is 26.7 Å². The molecule has 2 N–H and O–H groups in total. The van der Waals surface area contributed by atoms with Crippen molar-refractivity contribution < 1.29 is 4.74 Å². The molecule has 0 amide bonds. The van der Waals surface area contributed by atoms with Gasteiger partial charge in [-0.3, -0.25) is 5.10 Å². The van der Waals surface area contributed by atoms with Gasteiger partial charge in [0.25, 0.3) is 0 Å². The molecule has 2 heterocycles. The maximum absolute atomic E-state index is 5.90. The molecule has 0 spiro atoms. The van der Waals surface area contributed by atoms with Crippen molar-refractivity contribution in [2.45, 2.75) is 6.92 Å². The highest BCUT2D eigenvalue weighted by atomic mass is 79.9. The summed E-state index contributed by atoms with van der Waals surface area (Å²) >= 11 is 6.88. The van der Waals surface area contributed by atoms with Gasteiger partial charge in [-0.1, -0.05) is 15.9 Å². The Bertz CT molecular complexity index is 789. The fourth-order valence-electron chi connectivity index (χ4n) is 1.79. The number of aromatic nitrogens is 4. The first-order valence-corrected chi connectivity index (χ1v) is 7.84. The van der Waals surface area contributed by atoms with E-state index in [2.05, 4.69) is 57.3 Å². The van der Waals surface area contributed by atoms with Crippen molar-refractivity contribution in [1.29, 1.82) is 0 Å². The molecule has 0 fully saturated rings. The number of ether oxygens (including phenoxy) is 1. The Kier molecular flexibility index (Phi) is 4.07.